The van der Waals surface area contributed by atoms with Gasteiger partial charge in [0.05, 0.1) is 11.1 Å². The third kappa shape index (κ3) is 4.95. The monoisotopic (exact) mass is 727 g/mol. The molecule has 0 aromatic heterocycles. The van der Waals surface area contributed by atoms with Crippen molar-refractivity contribution >= 4 is 27.8 Å². The van der Waals surface area contributed by atoms with Crippen molar-refractivity contribution in [3.63, 3.8) is 0 Å². The molecule has 57 heavy (non-hydrogen) atoms. The zero-order valence-electron chi connectivity index (χ0n) is 32.2. The zero-order valence-corrected chi connectivity index (χ0v) is 32.2. The number of nitrogens with zero attached hydrogens (tertiary/aromatic N) is 1. The maximum atomic E-state index is 2.44. The summed E-state index contributed by atoms with van der Waals surface area (Å²) in [6, 6.07) is 78.4. The van der Waals surface area contributed by atoms with Crippen LogP contribution in [0.1, 0.15) is 47.2 Å². The van der Waals surface area contributed by atoms with E-state index in [1.54, 1.807) is 0 Å². The summed E-state index contributed by atoms with van der Waals surface area (Å²) >= 11 is 0. The predicted molar refractivity (Wildman–Crippen MR) is 239 cm³/mol. The molecule has 0 heterocycles. The Morgan fingerprint density at radius 2 is 0.807 bits per heavy atom. The first-order valence-electron chi connectivity index (χ1n) is 20.0. The van der Waals surface area contributed by atoms with E-state index in [0.717, 1.165) is 17.1 Å². The molecule has 11 rings (SSSR count). The highest BCUT2D eigenvalue weighted by atomic mass is 15.1. The van der Waals surface area contributed by atoms with Crippen molar-refractivity contribution in [1.82, 2.24) is 0 Å². The summed E-state index contributed by atoms with van der Waals surface area (Å²) in [4.78, 5) is 2.39. The zero-order chi connectivity index (χ0) is 38.1. The Bertz CT molecular complexity index is 2900. The van der Waals surface area contributed by atoms with E-state index in [1.165, 1.54) is 77.5 Å². The average molecular weight is 728 g/mol. The van der Waals surface area contributed by atoms with Crippen molar-refractivity contribution in [1.29, 1.82) is 0 Å². The van der Waals surface area contributed by atoms with E-state index in [1.807, 2.05) is 0 Å². The summed E-state index contributed by atoms with van der Waals surface area (Å²) in [5.74, 6) is 0. The second-order valence-corrected chi connectivity index (χ2v) is 16.1. The molecule has 9 aromatic carbocycles. The first-order valence-corrected chi connectivity index (χ1v) is 20.0. The Hall–Kier alpha value is -6.96. The Morgan fingerprint density at radius 3 is 1.46 bits per heavy atom. The van der Waals surface area contributed by atoms with Crippen molar-refractivity contribution in [3.05, 3.63) is 246 Å². The van der Waals surface area contributed by atoms with Crippen LogP contribution in [0.5, 0.6) is 0 Å². The van der Waals surface area contributed by atoms with Gasteiger partial charge in [0.15, 0.2) is 0 Å². The van der Waals surface area contributed by atoms with E-state index in [-0.39, 0.29) is 5.41 Å². The van der Waals surface area contributed by atoms with Gasteiger partial charge in [-0.25, -0.2) is 0 Å². The molecule has 0 saturated heterocycles. The van der Waals surface area contributed by atoms with E-state index in [2.05, 4.69) is 231 Å². The largest absolute Gasteiger partial charge is 0.310 e. The lowest BCUT2D eigenvalue weighted by molar-refractivity contribution is 0.652. The van der Waals surface area contributed by atoms with Gasteiger partial charge in [0.1, 0.15) is 0 Å². The van der Waals surface area contributed by atoms with E-state index >= 15 is 0 Å². The molecule has 2 aliphatic carbocycles. The number of benzene rings is 9. The third-order valence-corrected chi connectivity index (χ3v) is 12.7. The fraction of sp³-hybridized carbons (Fsp3) is 0.0714. The molecule has 1 heteroatoms. The minimum absolute atomic E-state index is 0.0347. The first kappa shape index (κ1) is 33.4. The van der Waals surface area contributed by atoms with Crippen LogP contribution >= 0.6 is 0 Å². The molecule has 0 fully saturated rings. The molecule has 0 amide bonds. The molecule has 0 saturated carbocycles. The van der Waals surface area contributed by atoms with Gasteiger partial charge in [-0.15, -0.1) is 0 Å². The van der Waals surface area contributed by atoms with Crippen molar-refractivity contribution in [2.75, 3.05) is 4.90 Å². The second-order valence-electron chi connectivity index (χ2n) is 16.1. The van der Waals surface area contributed by atoms with Crippen LogP contribution in [-0.4, -0.2) is 0 Å². The van der Waals surface area contributed by atoms with Gasteiger partial charge in [0.25, 0.3) is 0 Å². The summed E-state index contributed by atoms with van der Waals surface area (Å²) in [7, 11) is 0. The minimum Gasteiger partial charge on any atom is -0.310 e. The molecule has 9 aromatic rings. The Kier molecular flexibility index (Phi) is 7.50. The number of hydrogen-bond donors (Lipinski definition) is 0. The number of anilines is 3. The van der Waals surface area contributed by atoms with Crippen LogP contribution in [-0.2, 0) is 10.8 Å². The highest BCUT2D eigenvalue weighted by Crippen LogP contribution is 2.64. The van der Waals surface area contributed by atoms with Gasteiger partial charge in [0.2, 0.25) is 0 Å². The van der Waals surface area contributed by atoms with Crippen LogP contribution in [0.25, 0.3) is 44.2 Å². The maximum Gasteiger partial charge on any atom is 0.0713 e. The number of hydrogen-bond acceptors (Lipinski definition) is 1. The summed E-state index contributed by atoms with van der Waals surface area (Å²) in [5.41, 5.74) is 18.8. The van der Waals surface area contributed by atoms with E-state index in [0.29, 0.717) is 0 Å². The van der Waals surface area contributed by atoms with Gasteiger partial charge in [-0.2, -0.15) is 0 Å². The van der Waals surface area contributed by atoms with Crippen LogP contribution in [0.15, 0.2) is 212 Å². The molecule has 0 atom stereocenters. The van der Waals surface area contributed by atoms with Gasteiger partial charge in [-0.3, -0.25) is 0 Å². The quantitative estimate of drug-likeness (QED) is 0.158. The summed E-state index contributed by atoms with van der Waals surface area (Å²) < 4.78 is 0. The van der Waals surface area contributed by atoms with E-state index in [4.69, 9.17) is 0 Å². The van der Waals surface area contributed by atoms with Crippen LogP contribution < -0.4 is 4.90 Å². The fourth-order valence-corrected chi connectivity index (χ4v) is 10.1. The normalized spacial score (nSPS) is 14.1. The first-order chi connectivity index (χ1) is 28.0. The average Bonchev–Trinajstić information content (AvgIpc) is 3.72. The lowest BCUT2D eigenvalue weighted by Crippen LogP contribution is -2.30. The molecule has 0 radical (unpaired) electrons. The van der Waals surface area contributed by atoms with Gasteiger partial charge < -0.3 is 4.90 Å². The smallest absolute Gasteiger partial charge is 0.0713 e. The number of rotatable bonds is 7. The molecule has 1 nitrogen and oxygen atoms in total. The van der Waals surface area contributed by atoms with Crippen molar-refractivity contribution in [2.24, 2.45) is 0 Å². The van der Waals surface area contributed by atoms with E-state index < -0.39 is 5.41 Å². The van der Waals surface area contributed by atoms with Crippen molar-refractivity contribution in [2.45, 2.75) is 24.7 Å². The molecule has 0 spiro atoms. The summed E-state index contributed by atoms with van der Waals surface area (Å²) in [5, 5.41) is 2.44. The van der Waals surface area contributed by atoms with Gasteiger partial charge in [-0.1, -0.05) is 190 Å². The molecular weight excluding hydrogens is 687 g/mol. The standard InChI is InChI=1S/C56H41N/c1-55(2)48-24-13-26-50-53(48)54-49(55)25-14-27-51(54)56(50,43-20-7-4-8-21-43)44-22-11-19-42(37-44)40-31-35-46(36-32-40)57(52-28-12-18-41-17-9-10-23-47(41)52)45-33-29-39(30-34-45)38-15-5-3-6-16-38/h3-37H,1-2H3. The lowest BCUT2D eigenvalue weighted by atomic mass is 9.65. The SMILES string of the molecule is CC1(C)c2cccc3c2-c2c1cccc2C3(c1ccccc1)c1cccc(-c2ccc(N(c3ccc(-c4ccccc4)cc3)c3cccc4ccccc34)cc2)c1. The minimum atomic E-state index is -0.429. The molecule has 0 unspecified atom stereocenters. The number of fused-ring (bicyclic) bond motifs is 1. The maximum absolute atomic E-state index is 2.44. The van der Waals surface area contributed by atoms with Gasteiger partial charge >= 0.3 is 0 Å². The van der Waals surface area contributed by atoms with Crippen LogP contribution in [0.3, 0.4) is 0 Å². The summed E-state index contributed by atoms with van der Waals surface area (Å²) in [6.07, 6.45) is 0. The Balaban J connectivity index is 1.04. The highest BCUT2D eigenvalue weighted by molar-refractivity contribution is 5.99. The molecule has 0 bridgehead atoms. The van der Waals surface area contributed by atoms with E-state index in [9.17, 15) is 0 Å². The lowest BCUT2D eigenvalue weighted by Gasteiger charge is -2.36. The van der Waals surface area contributed by atoms with Crippen molar-refractivity contribution < 1.29 is 0 Å². The topological polar surface area (TPSA) is 3.24 Å². The highest BCUT2D eigenvalue weighted by Gasteiger charge is 2.52. The fourth-order valence-electron chi connectivity index (χ4n) is 10.1. The third-order valence-electron chi connectivity index (χ3n) is 12.7. The van der Waals surface area contributed by atoms with Gasteiger partial charge in [-0.05, 0) is 109 Å². The van der Waals surface area contributed by atoms with Crippen LogP contribution in [0.2, 0.25) is 0 Å². The molecular formula is C56H41N. The van der Waals surface area contributed by atoms with Gasteiger partial charge in [0, 0.05) is 22.2 Å². The van der Waals surface area contributed by atoms with Crippen LogP contribution in [0, 0.1) is 0 Å². The molecule has 0 aliphatic heterocycles. The van der Waals surface area contributed by atoms with Crippen molar-refractivity contribution in [3.8, 4) is 33.4 Å². The van der Waals surface area contributed by atoms with Crippen LogP contribution in [0.4, 0.5) is 17.1 Å². The molecule has 2 aliphatic rings. The molecule has 0 N–H and O–H groups in total. The Morgan fingerprint density at radius 1 is 0.351 bits per heavy atom. The summed E-state index contributed by atoms with van der Waals surface area (Å²) in [6.45, 7) is 4.76. The second kappa shape index (κ2) is 12.8. The Labute approximate surface area is 335 Å². The molecule has 270 valence electrons. The predicted octanol–water partition coefficient (Wildman–Crippen LogP) is 14.6.